The van der Waals surface area contributed by atoms with Crippen molar-refractivity contribution in [2.24, 2.45) is 7.05 Å². The number of rotatable bonds is 6. The van der Waals surface area contributed by atoms with Crippen molar-refractivity contribution in [2.75, 3.05) is 23.8 Å². The fourth-order valence-corrected chi connectivity index (χ4v) is 3.07. The minimum Gasteiger partial charge on any atom is -0.373 e. The number of hydrogen-bond acceptors (Lipinski definition) is 3. The van der Waals surface area contributed by atoms with Gasteiger partial charge in [0.1, 0.15) is 0 Å². The van der Waals surface area contributed by atoms with Gasteiger partial charge in [-0.15, -0.1) is 0 Å². The molecule has 0 saturated carbocycles. The Morgan fingerprint density at radius 3 is 2.52 bits per heavy atom. The van der Waals surface area contributed by atoms with Crippen LogP contribution in [0.4, 0.5) is 16.2 Å². The number of anilines is 2. The van der Waals surface area contributed by atoms with Crippen LogP contribution in [0.25, 0.3) is 0 Å². The number of aryl methyl sites for hydroxylation is 2. The molecule has 0 fully saturated rings. The molecule has 2 amide bonds. The summed E-state index contributed by atoms with van der Waals surface area (Å²) < 4.78 is 1.86. The van der Waals surface area contributed by atoms with Crippen LogP contribution in [0.3, 0.4) is 0 Å². The number of nitrogens with zero attached hydrogens (tertiary/aromatic N) is 3. The van der Waals surface area contributed by atoms with Gasteiger partial charge in [-0.2, -0.15) is 5.10 Å². The SMILES string of the molecule is CCC(NC(=O)Nc1ccccc1N(C)CC)c1c(C)nn(C)c1C. The second-order valence-corrected chi connectivity index (χ2v) is 6.30. The van der Waals surface area contributed by atoms with Gasteiger partial charge in [-0.3, -0.25) is 4.68 Å². The molecule has 136 valence electrons. The minimum atomic E-state index is -0.202. The number of amides is 2. The second kappa shape index (κ2) is 8.05. The van der Waals surface area contributed by atoms with Gasteiger partial charge in [0.2, 0.25) is 0 Å². The highest BCUT2D eigenvalue weighted by molar-refractivity contribution is 5.93. The molecule has 2 rings (SSSR count). The molecule has 0 saturated heterocycles. The lowest BCUT2D eigenvalue weighted by Gasteiger charge is -2.22. The summed E-state index contributed by atoms with van der Waals surface area (Å²) in [5.74, 6) is 0. The van der Waals surface area contributed by atoms with E-state index in [2.05, 4.69) is 34.5 Å². The van der Waals surface area contributed by atoms with Crippen molar-refractivity contribution in [1.82, 2.24) is 15.1 Å². The average Bonchev–Trinajstić information content (AvgIpc) is 2.85. The van der Waals surface area contributed by atoms with Gasteiger partial charge in [0.15, 0.2) is 0 Å². The molecule has 0 aliphatic heterocycles. The number of urea groups is 1. The van der Waals surface area contributed by atoms with Crippen LogP contribution in [0.1, 0.15) is 43.3 Å². The maximum Gasteiger partial charge on any atom is 0.319 e. The van der Waals surface area contributed by atoms with E-state index in [-0.39, 0.29) is 12.1 Å². The highest BCUT2D eigenvalue weighted by Gasteiger charge is 2.21. The van der Waals surface area contributed by atoms with E-state index in [4.69, 9.17) is 0 Å². The third-order valence-corrected chi connectivity index (χ3v) is 4.66. The largest absolute Gasteiger partial charge is 0.373 e. The molecule has 1 atom stereocenters. The first kappa shape index (κ1) is 18.8. The smallest absolute Gasteiger partial charge is 0.319 e. The summed E-state index contributed by atoms with van der Waals surface area (Å²) in [6.45, 7) is 9.03. The first-order chi connectivity index (χ1) is 11.9. The van der Waals surface area contributed by atoms with Gasteiger partial charge < -0.3 is 15.5 Å². The molecule has 1 unspecified atom stereocenters. The van der Waals surface area contributed by atoms with Crippen LogP contribution >= 0.6 is 0 Å². The van der Waals surface area contributed by atoms with Crippen molar-refractivity contribution >= 4 is 17.4 Å². The summed E-state index contributed by atoms with van der Waals surface area (Å²) in [4.78, 5) is 14.7. The lowest BCUT2D eigenvalue weighted by atomic mass is 10.0. The highest BCUT2D eigenvalue weighted by atomic mass is 16.2. The van der Waals surface area contributed by atoms with Crippen molar-refractivity contribution in [3.8, 4) is 0 Å². The zero-order chi connectivity index (χ0) is 18.6. The molecule has 1 aromatic carbocycles. The normalized spacial score (nSPS) is 11.9. The van der Waals surface area contributed by atoms with Crippen LogP contribution in [0.2, 0.25) is 0 Å². The summed E-state index contributed by atoms with van der Waals surface area (Å²) in [5.41, 5.74) is 4.94. The Labute approximate surface area is 150 Å². The van der Waals surface area contributed by atoms with E-state index in [9.17, 15) is 4.79 Å². The fourth-order valence-electron chi connectivity index (χ4n) is 3.07. The highest BCUT2D eigenvalue weighted by Crippen LogP contribution is 2.26. The average molecular weight is 343 g/mol. The van der Waals surface area contributed by atoms with Gasteiger partial charge in [0.05, 0.1) is 23.1 Å². The number of hydrogen-bond donors (Lipinski definition) is 2. The van der Waals surface area contributed by atoms with E-state index in [1.54, 1.807) is 0 Å². The molecule has 0 spiro atoms. The predicted octanol–water partition coefficient (Wildman–Crippen LogP) is 3.77. The number of nitrogens with one attached hydrogen (secondary N) is 2. The van der Waals surface area contributed by atoms with E-state index in [1.165, 1.54) is 0 Å². The van der Waals surface area contributed by atoms with Crippen LogP contribution in [0, 0.1) is 13.8 Å². The third kappa shape index (κ3) is 4.13. The zero-order valence-corrected chi connectivity index (χ0v) is 16.1. The van der Waals surface area contributed by atoms with Crippen LogP contribution in [0.15, 0.2) is 24.3 Å². The van der Waals surface area contributed by atoms with Crippen molar-refractivity contribution in [3.05, 3.63) is 41.2 Å². The molecule has 6 heteroatoms. The first-order valence-corrected chi connectivity index (χ1v) is 8.76. The quantitative estimate of drug-likeness (QED) is 0.839. The number of carbonyl (C=O) groups excluding carboxylic acids is 1. The summed E-state index contributed by atoms with van der Waals surface area (Å²) >= 11 is 0. The van der Waals surface area contributed by atoms with Crippen LogP contribution in [0.5, 0.6) is 0 Å². The summed E-state index contributed by atoms with van der Waals surface area (Å²) in [6.07, 6.45) is 0.803. The molecule has 0 aliphatic carbocycles. The number of aromatic nitrogens is 2. The molecule has 1 aromatic heterocycles. The fraction of sp³-hybridized carbons (Fsp3) is 0.474. The van der Waals surface area contributed by atoms with E-state index >= 15 is 0 Å². The number of carbonyl (C=O) groups is 1. The van der Waals surface area contributed by atoms with Gasteiger partial charge in [-0.1, -0.05) is 19.1 Å². The monoisotopic (exact) mass is 343 g/mol. The Bertz CT molecular complexity index is 737. The molecular weight excluding hydrogens is 314 g/mol. The Balaban J connectivity index is 2.16. The van der Waals surface area contributed by atoms with E-state index in [1.807, 2.05) is 56.9 Å². The molecule has 1 heterocycles. The first-order valence-electron chi connectivity index (χ1n) is 8.76. The predicted molar refractivity (Wildman–Crippen MR) is 103 cm³/mol. The van der Waals surface area contributed by atoms with E-state index in [0.29, 0.717) is 0 Å². The van der Waals surface area contributed by atoms with Gasteiger partial charge in [-0.25, -0.2) is 4.79 Å². The molecule has 2 aromatic rings. The molecule has 0 bridgehead atoms. The molecule has 6 nitrogen and oxygen atoms in total. The third-order valence-electron chi connectivity index (χ3n) is 4.66. The Morgan fingerprint density at radius 1 is 1.28 bits per heavy atom. The van der Waals surface area contributed by atoms with Crippen molar-refractivity contribution in [2.45, 2.75) is 40.2 Å². The molecule has 25 heavy (non-hydrogen) atoms. The topological polar surface area (TPSA) is 62.2 Å². The standard InChI is InChI=1S/C19H29N5O/c1-7-15(18-13(3)22-24(6)14(18)4)20-19(25)21-16-11-9-10-12-17(16)23(5)8-2/h9-12,15H,7-8H2,1-6H3,(H2,20,21,25). The number of benzene rings is 1. The van der Waals surface area contributed by atoms with E-state index < -0.39 is 0 Å². The number of para-hydroxylation sites is 2. The lowest BCUT2D eigenvalue weighted by Crippen LogP contribution is -2.33. The lowest BCUT2D eigenvalue weighted by molar-refractivity contribution is 0.248. The van der Waals surface area contributed by atoms with E-state index in [0.717, 1.165) is 41.3 Å². The molecule has 0 aliphatic rings. The Hall–Kier alpha value is -2.50. The van der Waals surface area contributed by atoms with Gasteiger partial charge >= 0.3 is 6.03 Å². The summed E-state index contributed by atoms with van der Waals surface area (Å²) in [6, 6.07) is 7.56. The second-order valence-electron chi connectivity index (χ2n) is 6.30. The molecule has 0 radical (unpaired) electrons. The van der Waals surface area contributed by atoms with Crippen LogP contribution in [-0.4, -0.2) is 29.4 Å². The minimum absolute atomic E-state index is 0.0650. The van der Waals surface area contributed by atoms with Crippen LogP contribution in [-0.2, 0) is 7.05 Å². The van der Waals surface area contributed by atoms with Crippen LogP contribution < -0.4 is 15.5 Å². The maximum atomic E-state index is 12.6. The van der Waals surface area contributed by atoms with Gasteiger partial charge in [0.25, 0.3) is 0 Å². The molecule has 2 N–H and O–H groups in total. The van der Waals surface area contributed by atoms with Gasteiger partial charge in [0, 0.05) is 31.9 Å². The van der Waals surface area contributed by atoms with Crippen molar-refractivity contribution in [1.29, 1.82) is 0 Å². The Kier molecular flexibility index (Phi) is 6.07. The Morgan fingerprint density at radius 2 is 1.96 bits per heavy atom. The summed E-state index contributed by atoms with van der Waals surface area (Å²) in [5, 5.41) is 10.5. The maximum absolute atomic E-state index is 12.6. The van der Waals surface area contributed by atoms with Crippen molar-refractivity contribution in [3.63, 3.8) is 0 Å². The molecular formula is C19H29N5O. The summed E-state index contributed by atoms with van der Waals surface area (Å²) in [7, 11) is 3.94. The van der Waals surface area contributed by atoms with Crippen molar-refractivity contribution < 1.29 is 4.79 Å². The zero-order valence-electron chi connectivity index (χ0n) is 16.1. The van der Waals surface area contributed by atoms with Gasteiger partial charge in [-0.05, 0) is 39.3 Å².